The van der Waals surface area contributed by atoms with E-state index in [4.69, 9.17) is 0 Å². The summed E-state index contributed by atoms with van der Waals surface area (Å²) in [6, 6.07) is 0. The molecule has 1 heteroatoms. The lowest BCUT2D eigenvalue weighted by atomic mass is 10.1. The molecule has 0 bridgehead atoms. The first-order chi connectivity index (χ1) is 4.72. The molecular formula is C9H14O. The number of carbonyl (C=O) groups is 1. The molecule has 0 fully saturated rings. The summed E-state index contributed by atoms with van der Waals surface area (Å²) < 4.78 is 0. The quantitative estimate of drug-likeness (QED) is 0.421. The Morgan fingerprint density at radius 2 is 2.20 bits per heavy atom. The van der Waals surface area contributed by atoms with Crippen LogP contribution in [0.1, 0.15) is 26.2 Å². The molecular weight excluding hydrogens is 124 g/mol. The second-order valence-electron chi connectivity index (χ2n) is 2.26. The van der Waals surface area contributed by atoms with Crippen molar-refractivity contribution in [2.24, 2.45) is 0 Å². The highest BCUT2D eigenvalue weighted by Crippen LogP contribution is 2.02. The number of allylic oxidation sites excluding steroid dienone is 2. The minimum Gasteiger partial charge on any atom is -0.294 e. The van der Waals surface area contributed by atoms with Gasteiger partial charge in [0.25, 0.3) is 0 Å². The van der Waals surface area contributed by atoms with Gasteiger partial charge in [0.05, 0.1) is 0 Å². The van der Waals surface area contributed by atoms with Crippen molar-refractivity contribution in [1.82, 2.24) is 0 Å². The topological polar surface area (TPSA) is 17.1 Å². The summed E-state index contributed by atoms with van der Waals surface area (Å²) in [5.74, 6) is 0.122. The van der Waals surface area contributed by atoms with Gasteiger partial charge in [0, 0.05) is 12.0 Å². The van der Waals surface area contributed by atoms with Crippen molar-refractivity contribution in [2.75, 3.05) is 0 Å². The van der Waals surface area contributed by atoms with E-state index in [9.17, 15) is 4.79 Å². The maximum atomic E-state index is 11.0. The fourth-order valence-corrected chi connectivity index (χ4v) is 0.612. The first kappa shape index (κ1) is 9.15. The third-order valence-corrected chi connectivity index (χ3v) is 1.36. The molecule has 0 amide bonds. The van der Waals surface area contributed by atoms with Crippen LogP contribution in [0.15, 0.2) is 24.8 Å². The van der Waals surface area contributed by atoms with Gasteiger partial charge in [0.15, 0.2) is 5.78 Å². The molecule has 0 heterocycles. The summed E-state index contributed by atoms with van der Waals surface area (Å²) in [4.78, 5) is 11.0. The highest BCUT2D eigenvalue weighted by atomic mass is 16.1. The van der Waals surface area contributed by atoms with E-state index < -0.39 is 0 Å². The van der Waals surface area contributed by atoms with E-state index in [2.05, 4.69) is 20.1 Å². The largest absolute Gasteiger partial charge is 0.294 e. The fraction of sp³-hybridized carbons (Fsp3) is 0.444. The number of unbranched alkanes of at least 4 members (excludes halogenated alkanes) is 1. The van der Waals surface area contributed by atoms with Crippen molar-refractivity contribution >= 4 is 5.78 Å². The maximum Gasteiger partial charge on any atom is 0.162 e. The molecule has 0 aromatic rings. The zero-order valence-electron chi connectivity index (χ0n) is 6.52. The minimum atomic E-state index is 0.122. The maximum absolute atomic E-state index is 11.0. The van der Waals surface area contributed by atoms with Crippen LogP contribution in [-0.2, 0) is 4.79 Å². The smallest absolute Gasteiger partial charge is 0.162 e. The average molecular weight is 138 g/mol. The third-order valence-electron chi connectivity index (χ3n) is 1.36. The van der Waals surface area contributed by atoms with Gasteiger partial charge in [-0.05, 0) is 6.42 Å². The molecule has 56 valence electrons. The Balaban J connectivity index is 3.62. The number of carbonyl (C=O) groups excluding carboxylic acids is 1. The highest BCUT2D eigenvalue weighted by Gasteiger charge is 2.00. The van der Waals surface area contributed by atoms with Gasteiger partial charge < -0.3 is 0 Å². The number of ketones is 1. The predicted molar refractivity (Wildman–Crippen MR) is 43.9 cm³/mol. The lowest BCUT2D eigenvalue weighted by Gasteiger charge is -1.95. The summed E-state index contributed by atoms with van der Waals surface area (Å²) in [5, 5.41) is 0. The van der Waals surface area contributed by atoms with Gasteiger partial charge in [-0.15, -0.1) is 0 Å². The highest BCUT2D eigenvalue weighted by molar-refractivity contribution is 5.97. The molecule has 0 aromatic carbocycles. The molecule has 0 aliphatic heterocycles. The van der Waals surface area contributed by atoms with Crippen molar-refractivity contribution < 1.29 is 4.79 Å². The van der Waals surface area contributed by atoms with Crippen LogP contribution in [0.3, 0.4) is 0 Å². The van der Waals surface area contributed by atoms with Gasteiger partial charge in [-0.1, -0.05) is 32.6 Å². The summed E-state index contributed by atoms with van der Waals surface area (Å²) in [6.07, 6.45) is 4.13. The molecule has 0 unspecified atom stereocenters. The Labute approximate surface area is 62.4 Å². The van der Waals surface area contributed by atoms with Crippen molar-refractivity contribution in [2.45, 2.75) is 26.2 Å². The Morgan fingerprint density at radius 1 is 1.60 bits per heavy atom. The molecule has 1 nitrogen and oxygen atoms in total. The van der Waals surface area contributed by atoms with Gasteiger partial charge in [-0.2, -0.15) is 0 Å². The van der Waals surface area contributed by atoms with Gasteiger partial charge in [-0.25, -0.2) is 0 Å². The van der Waals surface area contributed by atoms with Crippen LogP contribution in [0.2, 0.25) is 0 Å². The Hall–Kier alpha value is -0.850. The lowest BCUT2D eigenvalue weighted by Crippen LogP contribution is -1.97. The van der Waals surface area contributed by atoms with Crippen LogP contribution < -0.4 is 0 Å². The van der Waals surface area contributed by atoms with E-state index in [0.717, 1.165) is 12.8 Å². The number of rotatable bonds is 5. The predicted octanol–water partition coefficient (Wildman–Crippen LogP) is 2.49. The Morgan fingerprint density at radius 3 is 2.60 bits per heavy atom. The summed E-state index contributed by atoms with van der Waals surface area (Å²) in [7, 11) is 0. The average Bonchev–Trinajstić information content (AvgIpc) is 1.98. The molecule has 0 N–H and O–H groups in total. The van der Waals surface area contributed by atoms with Gasteiger partial charge in [0.2, 0.25) is 0 Å². The zero-order chi connectivity index (χ0) is 7.98. The van der Waals surface area contributed by atoms with Crippen molar-refractivity contribution in [1.29, 1.82) is 0 Å². The normalized spacial score (nSPS) is 8.90. The number of Topliss-reactive ketones (excluding diaryl/α,β-unsaturated/α-hetero) is 1. The van der Waals surface area contributed by atoms with Crippen molar-refractivity contribution in [3.63, 3.8) is 0 Å². The monoisotopic (exact) mass is 138 g/mol. The molecule has 0 saturated carbocycles. The van der Waals surface area contributed by atoms with E-state index >= 15 is 0 Å². The minimum absolute atomic E-state index is 0.122. The second kappa shape index (κ2) is 4.98. The summed E-state index contributed by atoms with van der Waals surface area (Å²) >= 11 is 0. The van der Waals surface area contributed by atoms with Gasteiger partial charge >= 0.3 is 0 Å². The molecule has 0 atom stereocenters. The molecule has 0 spiro atoms. The molecule has 0 aliphatic carbocycles. The SMILES string of the molecule is C=CC(=C)C(=O)CCCC. The molecule has 0 aliphatic rings. The summed E-state index contributed by atoms with van der Waals surface area (Å²) in [6.45, 7) is 9.09. The Kier molecular flexibility index (Phi) is 4.55. The summed E-state index contributed by atoms with van der Waals surface area (Å²) in [5.41, 5.74) is 0.536. The fourth-order valence-electron chi connectivity index (χ4n) is 0.612. The van der Waals surface area contributed by atoms with Crippen molar-refractivity contribution in [3.05, 3.63) is 24.8 Å². The van der Waals surface area contributed by atoms with E-state index in [1.165, 1.54) is 6.08 Å². The Bertz CT molecular complexity index is 145. The van der Waals surface area contributed by atoms with Gasteiger partial charge in [0.1, 0.15) is 0 Å². The van der Waals surface area contributed by atoms with Crippen LogP contribution in [0.25, 0.3) is 0 Å². The first-order valence-electron chi connectivity index (χ1n) is 3.57. The molecule has 0 radical (unpaired) electrons. The zero-order valence-corrected chi connectivity index (χ0v) is 6.52. The molecule has 0 aromatic heterocycles. The third kappa shape index (κ3) is 3.23. The van der Waals surface area contributed by atoms with Crippen LogP contribution in [0.4, 0.5) is 0 Å². The first-order valence-corrected chi connectivity index (χ1v) is 3.57. The van der Waals surface area contributed by atoms with E-state index in [1.54, 1.807) is 0 Å². The van der Waals surface area contributed by atoms with Crippen LogP contribution >= 0.6 is 0 Å². The van der Waals surface area contributed by atoms with E-state index in [0.29, 0.717) is 12.0 Å². The molecule has 10 heavy (non-hydrogen) atoms. The van der Waals surface area contributed by atoms with Crippen LogP contribution in [0.5, 0.6) is 0 Å². The number of hydrogen-bond acceptors (Lipinski definition) is 1. The second-order valence-corrected chi connectivity index (χ2v) is 2.26. The van der Waals surface area contributed by atoms with Gasteiger partial charge in [-0.3, -0.25) is 4.79 Å². The standard InChI is InChI=1S/C9H14O/c1-4-6-7-9(10)8(3)5-2/h5H,2-4,6-7H2,1H3. The van der Waals surface area contributed by atoms with E-state index in [1.807, 2.05) is 0 Å². The number of hydrogen-bond donors (Lipinski definition) is 0. The molecule has 0 rings (SSSR count). The van der Waals surface area contributed by atoms with Crippen LogP contribution in [-0.4, -0.2) is 5.78 Å². The van der Waals surface area contributed by atoms with E-state index in [-0.39, 0.29) is 5.78 Å². The lowest BCUT2D eigenvalue weighted by molar-refractivity contribution is -0.115. The van der Waals surface area contributed by atoms with Crippen LogP contribution in [0, 0.1) is 0 Å². The van der Waals surface area contributed by atoms with Crippen molar-refractivity contribution in [3.8, 4) is 0 Å². The molecule has 0 saturated heterocycles.